The number of amides is 2. The number of fused-ring (bicyclic) bond motifs is 3. The number of anilines is 2. The molecule has 1 aliphatic rings. The summed E-state index contributed by atoms with van der Waals surface area (Å²) in [5, 5.41) is 15.0. The van der Waals surface area contributed by atoms with E-state index in [-0.39, 0.29) is 23.1 Å². The lowest BCUT2D eigenvalue weighted by molar-refractivity contribution is -0.116. The molecule has 1 aliphatic heterocycles. The number of hydrogen-bond donors (Lipinski definition) is 2. The fourth-order valence-corrected chi connectivity index (χ4v) is 3.88. The highest BCUT2D eigenvalue weighted by atomic mass is 16.3. The normalized spacial score (nSPS) is 13.3. The van der Waals surface area contributed by atoms with Crippen LogP contribution in [0.3, 0.4) is 0 Å². The topological polar surface area (TPSA) is 69.6 Å². The van der Waals surface area contributed by atoms with E-state index in [0.717, 1.165) is 35.0 Å². The van der Waals surface area contributed by atoms with Gasteiger partial charge in [-0.2, -0.15) is 0 Å². The summed E-state index contributed by atoms with van der Waals surface area (Å²) in [7, 11) is 0. The largest absolute Gasteiger partial charge is 0.506 e. The molecular formula is C23H22N2O3. The second-order valence-electron chi connectivity index (χ2n) is 7.17. The summed E-state index contributed by atoms with van der Waals surface area (Å²) in [6.45, 7) is 4.13. The van der Waals surface area contributed by atoms with E-state index < -0.39 is 0 Å². The van der Waals surface area contributed by atoms with E-state index in [0.29, 0.717) is 17.6 Å². The van der Waals surface area contributed by atoms with Crippen LogP contribution in [0.1, 0.15) is 34.8 Å². The molecule has 1 heterocycles. The fraction of sp³-hybridized carbons (Fsp3) is 0.217. The van der Waals surface area contributed by atoms with Crippen LogP contribution >= 0.6 is 0 Å². The Bertz CT molecular complexity index is 1100. The first-order valence-electron chi connectivity index (χ1n) is 9.40. The quantitative estimate of drug-likeness (QED) is 0.698. The van der Waals surface area contributed by atoms with Crippen LogP contribution in [0.25, 0.3) is 10.8 Å². The molecule has 0 fully saturated rings. The summed E-state index contributed by atoms with van der Waals surface area (Å²) in [6.07, 6.45) is 1.81. The fourth-order valence-electron chi connectivity index (χ4n) is 3.88. The van der Waals surface area contributed by atoms with Crippen LogP contribution < -0.4 is 10.2 Å². The molecule has 3 aromatic carbocycles. The van der Waals surface area contributed by atoms with Crippen molar-refractivity contribution in [2.45, 2.75) is 26.7 Å². The lowest BCUT2D eigenvalue weighted by Gasteiger charge is -2.30. The molecule has 0 saturated carbocycles. The second-order valence-corrected chi connectivity index (χ2v) is 7.17. The minimum Gasteiger partial charge on any atom is -0.506 e. The second kappa shape index (κ2) is 7.00. The van der Waals surface area contributed by atoms with Gasteiger partial charge in [0.1, 0.15) is 5.75 Å². The minimum atomic E-state index is -0.366. The van der Waals surface area contributed by atoms with E-state index >= 15 is 0 Å². The third kappa shape index (κ3) is 2.99. The molecule has 2 N–H and O–H groups in total. The Morgan fingerprint density at radius 1 is 1.04 bits per heavy atom. The van der Waals surface area contributed by atoms with Crippen molar-refractivity contribution in [3.05, 3.63) is 65.2 Å². The molecule has 5 heteroatoms. The highest BCUT2D eigenvalue weighted by Crippen LogP contribution is 2.39. The standard InChI is InChI=1S/C23H22N2O3/c1-14-6-3-4-8-20(14)24-23(28)19-12-11-17-18(22(19)27)10-9-16-7-5-13-25(15(2)26)21(16)17/h3-4,6,8-12,27H,5,7,13H2,1-2H3,(H,24,28). The van der Waals surface area contributed by atoms with E-state index in [9.17, 15) is 14.7 Å². The summed E-state index contributed by atoms with van der Waals surface area (Å²) in [5.41, 5.74) is 3.80. The van der Waals surface area contributed by atoms with Gasteiger partial charge in [0, 0.05) is 29.9 Å². The van der Waals surface area contributed by atoms with Gasteiger partial charge in [0.25, 0.3) is 5.91 Å². The Hall–Kier alpha value is -3.34. The zero-order valence-corrected chi connectivity index (χ0v) is 16.0. The number of nitrogens with zero attached hydrogens (tertiary/aromatic N) is 1. The maximum atomic E-state index is 12.8. The number of phenolic OH excluding ortho intramolecular Hbond substituents is 1. The number of carbonyl (C=O) groups is 2. The molecule has 0 atom stereocenters. The zero-order valence-electron chi connectivity index (χ0n) is 16.0. The van der Waals surface area contributed by atoms with E-state index in [4.69, 9.17) is 0 Å². The number of para-hydroxylation sites is 1. The summed E-state index contributed by atoms with van der Waals surface area (Å²) in [5.74, 6) is -0.454. The van der Waals surface area contributed by atoms with Crippen LogP contribution in [0.5, 0.6) is 5.75 Å². The van der Waals surface area contributed by atoms with Crippen molar-refractivity contribution >= 4 is 34.0 Å². The lowest BCUT2D eigenvalue weighted by Crippen LogP contribution is -2.33. The minimum absolute atomic E-state index is 0.0192. The van der Waals surface area contributed by atoms with Gasteiger partial charge in [-0.15, -0.1) is 0 Å². The van der Waals surface area contributed by atoms with Crippen molar-refractivity contribution in [1.29, 1.82) is 0 Å². The molecular weight excluding hydrogens is 352 g/mol. The zero-order chi connectivity index (χ0) is 19.8. The van der Waals surface area contributed by atoms with Crippen LogP contribution in [-0.4, -0.2) is 23.5 Å². The third-order valence-corrected chi connectivity index (χ3v) is 5.34. The first-order valence-corrected chi connectivity index (χ1v) is 9.40. The highest BCUT2D eigenvalue weighted by molar-refractivity contribution is 6.13. The monoisotopic (exact) mass is 374 g/mol. The molecule has 0 spiro atoms. The van der Waals surface area contributed by atoms with Crippen molar-refractivity contribution in [2.75, 3.05) is 16.8 Å². The lowest BCUT2D eigenvalue weighted by atomic mass is 9.94. The average molecular weight is 374 g/mol. The summed E-state index contributed by atoms with van der Waals surface area (Å²) in [4.78, 5) is 26.6. The molecule has 0 unspecified atom stereocenters. The Morgan fingerprint density at radius 3 is 2.54 bits per heavy atom. The van der Waals surface area contributed by atoms with E-state index in [1.54, 1.807) is 17.9 Å². The number of hydrogen-bond acceptors (Lipinski definition) is 3. The average Bonchev–Trinajstić information content (AvgIpc) is 2.69. The van der Waals surface area contributed by atoms with Crippen LogP contribution in [0, 0.1) is 6.92 Å². The van der Waals surface area contributed by atoms with Gasteiger partial charge in [-0.3, -0.25) is 9.59 Å². The first-order chi connectivity index (χ1) is 13.5. The van der Waals surface area contributed by atoms with Gasteiger partial charge < -0.3 is 15.3 Å². The molecule has 28 heavy (non-hydrogen) atoms. The molecule has 5 nitrogen and oxygen atoms in total. The molecule has 142 valence electrons. The van der Waals surface area contributed by atoms with Crippen molar-refractivity contribution in [3.8, 4) is 5.75 Å². The van der Waals surface area contributed by atoms with E-state index in [1.165, 1.54) is 0 Å². The van der Waals surface area contributed by atoms with Crippen LogP contribution in [0.15, 0.2) is 48.5 Å². The summed E-state index contributed by atoms with van der Waals surface area (Å²) in [6, 6.07) is 14.7. The van der Waals surface area contributed by atoms with Gasteiger partial charge >= 0.3 is 0 Å². The van der Waals surface area contributed by atoms with Gasteiger partial charge in [0.15, 0.2) is 0 Å². The molecule has 0 saturated heterocycles. The van der Waals surface area contributed by atoms with Gasteiger partial charge in [-0.1, -0.05) is 36.4 Å². The van der Waals surface area contributed by atoms with E-state index in [2.05, 4.69) is 5.32 Å². The number of rotatable bonds is 2. The molecule has 0 aliphatic carbocycles. The number of aromatic hydroxyl groups is 1. The molecule has 3 aromatic rings. The van der Waals surface area contributed by atoms with Crippen molar-refractivity contribution in [1.82, 2.24) is 0 Å². The molecule has 0 radical (unpaired) electrons. The smallest absolute Gasteiger partial charge is 0.259 e. The van der Waals surface area contributed by atoms with Gasteiger partial charge in [0.2, 0.25) is 5.91 Å². The summed E-state index contributed by atoms with van der Waals surface area (Å²) < 4.78 is 0. The third-order valence-electron chi connectivity index (χ3n) is 5.34. The highest BCUT2D eigenvalue weighted by Gasteiger charge is 2.24. The number of nitrogens with one attached hydrogen (secondary N) is 1. The van der Waals surface area contributed by atoms with Crippen LogP contribution in [-0.2, 0) is 11.2 Å². The van der Waals surface area contributed by atoms with Crippen LogP contribution in [0.2, 0.25) is 0 Å². The number of benzene rings is 3. The Morgan fingerprint density at radius 2 is 1.79 bits per heavy atom. The van der Waals surface area contributed by atoms with Crippen molar-refractivity contribution in [3.63, 3.8) is 0 Å². The van der Waals surface area contributed by atoms with Gasteiger partial charge in [0.05, 0.1) is 11.3 Å². The Kier molecular flexibility index (Phi) is 4.51. The SMILES string of the molecule is CC(=O)N1CCCc2ccc3c(O)c(C(=O)Nc4ccccc4C)ccc3c21. The number of phenols is 1. The molecule has 2 amide bonds. The number of carbonyl (C=O) groups excluding carboxylic acids is 2. The predicted molar refractivity (Wildman–Crippen MR) is 111 cm³/mol. The van der Waals surface area contributed by atoms with Crippen molar-refractivity contribution in [2.24, 2.45) is 0 Å². The molecule has 0 aromatic heterocycles. The Labute approximate surface area is 163 Å². The van der Waals surface area contributed by atoms with Gasteiger partial charge in [-0.05, 0) is 43.0 Å². The van der Waals surface area contributed by atoms with E-state index in [1.807, 2.05) is 49.4 Å². The number of aryl methyl sites for hydroxylation is 2. The predicted octanol–water partition coefficient (Wildman–Crippen LogP) is 4.41. The summed E-state index contributed by atoms with van der Waals surface area (Å²) >= 11 is 0. The van der Waals surface area contributed by atoms with Crippen LogP contribution in [0.4, 0.5) is 11.4 Å². The maximum Gasteiger partial charge on any atom is 0.259 e. The van der Waals surface area contributed by atoms with Gasteiger partial charge in [-0.25, -0.2) is 0 Å². The molecule has 0 bridgehead atoms. The molecule has 4 rings (SSSR count). The Balaban J connectivity index is 1.79. The first kappa shape index (κ1) is 18.0. The van der Waals surface area contributed by atoms with Crippen molar-refractivity contribution < 1.29 is 14.7 Å². The maximum absolute atomic E-state index is 12.8.